The molecule has 2 unspecified atom stereocenters. The SMILES string of the molecule is CCC(N)C(OCCOCCOC)c1cccc(OC)c1. The summed E-state index contributed by atoms with van der Waals surface area (Å²) in [5.74, 6) is 0.806. The van der Waals surface area contributed by atoms with Crippen LogP contribution in [0.2, 0.25) is 0 Å². The topological polar surface area (TPSA) is 62.9 Å². The van der Waals surface area contributed by atoms with E-state index in [-0.39, 0.29) is 12.1 Å². The molecular formula is C16H27NO4. The number of rotatable bonds is 11. The largest absolute Gasteiger partial charge is 0.497 e. The number of ether oxygens (including phenoxy) is 4. The lowest BCUT2D eigenvalue weighted by Crippen LogP contribution is -2.30. The predicted molar refractivity (Wildman–Crippen MR) is 82.6 cm³/mol. The van der Waals surface area contributed by atoms with E-state index in [0.29, 0.717) is 26.4 Å². The van der Waals surface area contributed by atoms with Gasteiger partial charge < -0.3 is 24.7 Å². The molecule has 1 rings (SSSR count). The Bertz CT molecular complexity index is 386. The summed E-state index contributed by atoms with van der Waals surface area (Å²) in [6.45, 7) is 4.24. The third-order valence-corrected chi connectivity index (χ3v) is 3.24. The van der Waals surface area contributed by atoms with Crippen molar-refractivity contribution >= 4 is 0 Å². The van der Waals surface area contributed by atoms with Crippen LogP contribution in [0.1, 0.15) is 25.0 Å². The highest BCUT2D eigenvalue weighted by molar-refractivity contribution is 5.30. The minimum Gasteiger partial charge on any atom is -0.497 e. The molecule has 1 aromatic carbocycles. The summed E-state index contributed by atoms with van der Waals surface area (Å²) in [6.07, 6.45) is 0.683. The first kappa shape index (κ1) is 17.9. The predicted octanol–water partition coefficient (Wildman–Crippen LogP) is 2.15. The van der Waals surface area contributed by atoms with Crippen LogP contribution in [0.5, 0.6) is 5.75 Å². The van der Waals surface area contributed by atoms with Crippen LogP contribution in [-0.4, -0.2) is 46.7 Å². The van der Waals surface area contributed by atoms with E-state index in [1.54, 1.807) is 14.2 Å². The van der Waals surface area contributed by atoms with Gasteiger partial charge in [-0.3, -0.25) is 0 Å². The zero-order valence-electron chi connectivity index (χ0n) is 13.2. The van der Waals surface area contributed by atoms with Crippen LogP contribution in [0.3, 0.4) is 0 Å². The number of hydrogen-bond acceptors (Lipinski definition) is 5. The van der Waals surface area contributed by atoms with Gasteiger partial charge >= 0.3 is 0 Å². The zero-order chi connectivity index (χ0) is 15.5. The Balaban J connectivity index is 2.55. The van der Waals surface area contributed by atoms with Crippen molar-refractivity contribution in [3.05, 3.63) is 29.8 Å². The normalized spacial score (nSPS) is 13.9. The summed E-state index contributed by atoms with van der Waals surface area (Å²) in [4.78, 5) is 0. The molecule has 0 radical (unpaired) electrons. The fourth-order valence-electron chi connectivity index (χ4n) is 1.98. The third kappa shape index (κ3) is 6.44. The average Bonchev–Trinajstić information content (AvgIpc) is 2.53. The van der Waals surface area contributed by atoms with Crippen LogP contribution in [0.25, 0.3) is 0 Å². The van der Waals surface area contributed by atoms with Gasteiger partial charge in [-0.2, -0.15) is 0 Å². The highest BCUT2D eigenvalue weighted by Crippen LogP contribution is 2.25. The maximum atomic E-state index is 6.18. The van der Waals surface area contributed by atoms with E-state index in [2.05, 4.69) is 6.92 Å². The number of benzene rings is 1. The molecule has 120 valence electrons. The van der Waals surface area contributed by atoms with E-state index in [9.17, 15) is 0 Å². The molecule has 21 heavy (non-hydrogen) atoms. The Morgan fingerprint density at radius 2 is 1.86 bits per heavy atom. The fourth-order valence-corrected chi connectivity index (χ4v) is 1.98. The molecule has 0 aliphatic heterocycles. The third-order valence-electron chi connectivity index (χ3n) is 3.24. The number of methoxy groups -OCH3 is 2. The van der Waals surface area contributed by atoms with Crippen molar-refractivity contribution in [3.8, 4) is 5.75 Å². The lowest BCUT2D eigenvalue weighted by molar-refractivity contribution is -0.0166. The van der Waals surface area contributed by atoms with E-state index in [0.717, 1.165) is 17.7 Å². The van der Waals surface area contributed by atoms with Crippen molar-refractivity contribution in [2.75, 3.05) is 40.6 Å². The van der Waals surface area contributed by atoms with Gasteiger partial charge in [0.15, 0.2) is 0 Å². The highest BCUT2D eigenvalue weighted by Gasteiger charge is 2.19. The van der Waals surface area contributed by atoms with Crippen LogP contribution in [0, 0.1) is 0 Å². The van der Waals surface area contributed by atoms with Crippen molar-refractivity contribution in [2.45, 2.75) is 25.5 Å². The molecule has 2 atom stereocenters. The molecule has 0 spiro atoms. The van der Waals surface area contributed by atoms with Gasteiger partial charge in [-0.15, -0.1) is 0 Å². The molecule has 0 aliphatic carbocycles. The van der Waals surface area contributed by atoms with Crippen molar-refractivity contribution in [1.82, 2.24) is 0 Å². The molecule has 0 saturated carbocycles. The van der Waals surface area contributed by atoms with Gasteiger partial charge in [-0.25, -0.2) is 0 Å². The van der Waals surface area contributed by atoms with Gasteiger partial charge in [0.05, 0.1) is 39.6 Å². The van der Waals surface area contributed by atoms with Crippen molar-refractivity contribution in [1.29, 1.82) is 0 Å². The first-order chi connectivity index (χ1) is 10.2. The fraction of sp³-hybridized carbons (Fsp3) is 0.625. The second kappa shape index (κ2) is 10.6. The molecule has 5 heteroatoms. The van der Waals surface area contributed by atoms with Crippen LogP contribution in [0.15, 0.2) is 24.3 Å². The van der Waals surface area contributed by atoms with Crippen LogP contribution in [-0.2, 0) is 14.2 Å². The van der Waals surface area contributed by atoms with E-state index >= 15 is 0 Å². The summed E-state index contributed by atoms with van der Waals surface area (Å²) in [5, 5.41) is 0. The van der Waals surface area contributed by atoms with Gasteiger partial charge in [0.25, 0.3) is 0 Å². The Kier molecular flexibility index (Phi) is 9.01. The van der Waals surface area contributed by atoms with Crippen molar-refractivity contribution < 1.29 is 18.9 Å². The lowest BCUT2D eigenvalue weighted by atomic mass is 10.0. The first-order valence-corrected chi connectivity index (χ1v) is 7.30. The Labute approximate surface area is 127 Å². The van der Waals surface area contributed by atoms with Gasteiger partial charge in [0.2, 0.25) is 0 Å². The van der Waals surface area contributed by atoms with Crippen LogP contribution in [0.4, 0.5) is 0 Å². The molecule has 0 amide bonds. The molecule has 0 aliphatic rings. The second-order valence-electron chi connectivity index (χ2n) is 4.75. The minimum absolute atomic E-state index is 0.0592. The molecule has 0 aromatic heterocycles. The summed E-state index contributed by atoms with van der Waals surface area (Å²) in [7, 11) is 3.30. The van der Waals surface area contributed by atoms with Gasteiger partial charge in [0, 0.05) is 13.2 Å². The minimum atomic E-state index is -0.156. The second-order valence-corrected chi connectivity index (χ2v) is 4.75. The molecule has 1 aromatic rings. The van der Waals surface area contributed by atoms with Crippen LogP contribution < -0.4 is 10.5 Å². The number of hydrogen-bond donors (Lipinski definition) is 1. The molecule has 0 bridgehead atoms. The molecule has 2 N–H and O–H groups in total. The smallest absolute Gasteiger partial charge is 0.119 e. The van der Waals surface area contributed by atoms with Crippen molar-refractivity contribution in [3.63, 3.8) is 0 Å². The Morgan fingerprint density at radius 3 is 2.52 bits per heavy atom. The highest BCUT2D eigenvalue weighted by atomic mass is 16.5. The van der Waals surface area contributed by atoms with E-state index in [4.69, 9.17) is 24.7 Å². The number of nitrogens with two attached hydrogens (primary N) is 1. The lowest BCUT2D eigenvalue weighted by Gasteiger charge is -2.24. The first-order valence-electron chi connectivity index (χ1n) is 7.30. The summed E-state index contributed by atoms with van der Waals surface area (Å²) in [5.41, 5.74) is 7.20. The monoisotopic (exact) mass is 297 g/mol. The molecule has 5 nitrogen and oxygen atoms in total. The summed E-state index contributed by atoms with van der Waals surface area (Å²) in [6, 6.07) is 7.77. The van der Waals surface area contributed by atoms with Gasteiger partial charge in [0.1, 0.15) is 5.75 Å². The maximum absolute atomic E-state index is 6.18. The van der Waals surface area contributed by atoms with E-state index in [1.807, 2.05) is 24.3 Å². The summed E-state index contributed by atoms with van der Waals surface area (Å²) < 4.78 is 21.5. The standard InChI is InChI=1S/C16H27NO4/c1-4-15(17)16(21-11-10-20-9-8-18-2)13-6-5-7-14(12-13)19-3/h5-7,12,15-16H,4,8-11,17H2,1-3H3. The molecule has 0 heterocycles. The quantitative estimate of drug-likeness (QED) is 0.634. The van der Waals surface area contributed by atoms with Gasteiger partial charge in [-0.1, -0.05) is 19.1 Å². The molecule has 0 saturated heterocycles. The summed E-state index contributed by atoms with van der Waals surface area (Å²) >= 11 is 0. The van der Waals surface area contributed by atoms with E-state index < -0.39 is 0 Å². The molecular weight excluding hydrogens is 270 g/mol. The average molecular weight is 297 g/mol. The Morgan fingerprint density at radius 1 is 1.10 bits per heavy atom. The Hall–Kier alpha value is -1.14. The van der Waals surface area contributed by atoms with Crippen molar-refractivity contribution in [2.24, 2.45) is 5.73 Å². The van der Waals surface area contributed by atoms with E-state index in [1.165, 1.54) is 0 Å². The zero-order valence-corrected chi connectivity index (χ0v) is 13.2. The maximum Gasteiger partial charge on any atom is 0.119 e. The molecule has 0 fully saturated rings. The van der Waals surface area contributed by atoms with Crippen LogP contribution >= 0.6 is 0 Å². The van der Waals surface area contributed by atoms with Gasteiger partial charge in [-0.05, 0) is 24.1 Å².